The Balaban J connectivity index is 0.000001000. The van der Waals surface area contributed by atoms with E-state index in [1.54, 1.807) is 0 Å². The first kappa shape index (κ1) is 11.2. The van der Waals surface area contributed by atoms with Gasteiger partial charge in [-0.3, -0.25) is 0 Å². The highest BCUT2D eigenvalue weighted by atomic mass is 35.5. The largest absolute Gasteiger partial charge is 0.396 e. The third-order valence-electron chi connectivity index (χ3n) is 1.81. The monoisotopic (exact) mass is 181 g/mol. The van der Waals surface area contributed by atoms with Crippen molar-refractivity contribution in [2.45, 2.75) is 6.92 Å². The van der Waals surface area contributed by atoms with Crippen molar-refractivity contribution in [1.29, 1.82) is 0 Å². The maximum Gasteiger partial charge on any atom is 0.0591 e. The summed E-state index contributed by atoms with van der Waals surface area (Å²) in [7, 11) is 0. The van der Waals surface area contributed by atoms with Crippen molar-refractivity contribution < 1.29 is 9.84 Å². The molecule has 0 radical (unpaired) electrons. The van der Waals surface area contributed by atoms with Gasteiger partial charge in [-0.15, -0.1) is 12.4 Å². The zero-order chi connectivity index (χ0) is 7.45. The van der Waals surface area contributed by atoms with Crippen LogP contribution >= 0.6 is 12.4 Å². The fourth-order valence-corrected chi connectivity index (χ4v) is 1.01. The van der Waals surface area contributed by atoms with Gasteiger partial charge in [0.2, 0.25) is 0 Å². The van der Waals surface area contributed by atoms with Crippen LogP contribution in [0.2, 0.25) is 0 Å². The van der Waals surface area contributed by atoms with Gasteiger partial charge >= 0.3 is 0 Å². The molecule has 1 heterocycles. The summed E-state index contributed by atoms with van der Waals surface area (Å²) in [6.07, 6.45) is 0. The molecule has 1 atom stereocenters. The first-order valence-corrected chi connectivity index (χ1v) is 3.66. The average Bonchev–Trinajstić information content (AvgIpc) is 2.15. The lowest BCUT2D eigenvalue weighted by Gasteiger charge is -2.23. The van der Waals surface area contributed by atoms with Gasteiger partial charge in [0.15, 0.2) is 0 Å². The molecule has 1 fully saturated rings. The summed E-state index contributed by atoms with van der Waals surface area (Å²) < 4.78 is 5.28. The van der Waals surface area contributed by atoms with Crippen LogP contribution in [0.3, 0.4) is 0 Å². The predicted octanol–water partition coefficient (Wildman–Crippen LogP) is 0.0266. The lowest BCUT2D eigenvalue weighted by atomic mass is 9.93. The molecule has 1 unspecified atom stereocenters. The minimum absolute atomic E-state index is 0. The van der Waals surface area contributed by atoms with Crippen molar-refractivity contribution in [3.63, 3.8) is 0 Å². The van der Waals surface area contributed by atoms with E-state index >= 15 is 0 Å². The number of rotatable bonds is 1. The van der Waals surface area contributed by atoms with Crippen LogP contribution in [0.1, 0.15) is 6.92 Å². The smallest absolute Gasteiger partial charge is 0.0591 e. The molecule has 68 valence electrons. The van der Waals surface area contributed by atoms with Crippen LogP contribution in [0, 0.1) is 5.41 Å². The summed E-state index contributed by atoms with van der Waals surface area (Å²) in [4.78, 5) is 0. The second-order valence-corrected chi connectivity index (χ2v) is 3.20. The quantitative estimate of drug-likeness (QED) is 0.600. The molecule has 1 rings (SSSR count). The minimum atomic E-state index is -0.0729. The van der Waals surface area contributed by atoms with Crippen molar-refractivity contribution in [3.05, 3.63) is 0 Å². The van der Waals surface area contributed by atoms with Crippen molar-refractivity contribution in [2.24, 2.45) is 5.41 Å². The van der Waals surface area contributed by atoms with Gasteiger partial charge in [-0.05, 0) is 0 Å². The van der Waals surface area contributed by atoms with Crippen LogP contribution in [0.4, 0.5) is 0 Å². The summed E-state index contributed by atoms with van der Waals surface area (Å²) in [6, 6.07) is 0. The third-order valence-corrected chi connectivity index (χ3v) is 1.81. The lowest BCUT2D eigenvalue weighted by Crippen LogP contribution is -2.35. The molecule has 0 aromatic heterocycles. The molecule has 0 aliphatic carbocycles. The Hall–Kier alpha value is 0.170. The molecule has 0 amide bonds. The van der Waals surface area contributed by atoms with Crippen molar-refractivity contribution in [1.82, 2.24) is 5.32 Å². The summed E-state index contributed by atoms with van der Waals surface area (Å²) in [5, 5.41) is 12.2. The normalized spacial score (nSPS) is 32.2. The van der Waals surface area contributed by atoms with Gasteiger partial charge in [-0.25, -0.2) is 0 Å². The highest BCUT2D eigenvalue weighted by Gasteiger charge is 2.24. The van der Waals surface area contributed by atoms with Crippen LogP contribution in [0.5, 0.6) is 0 Å². The molecule has 1 aliphatic heterocycles. The first-order chi connectivity index (χ1) is 4.77. The Morgan fingerprint density at radius 2 is 2.36 bits per heavy atom. The van der Waals surface area contributed by atoms with E-state index in [0.717, 1.165) is 19.7 Å². The topological polar surface area (TPSA) is 41.5 Å². The fourth-order valence-electron chi connectivity index (χ4n) is 1.01. The number of aliphatic hydroxyl groups is 1. The number of aliphatic hydroxyl groups excluding tert-OH is 1. The molecule has 2 N–H and O–H groups in total. The lowest BCUT2D eigenvalue weighted by molar-refractivity contribution is 0.0400. The molecule has 4 heteroatoms. The highest BCUT2D eigenvalue weighted by Crippen LogP contribution is 2.15. The van der Waals surface area contributed by atoms with E-state index in [2.05, 4.69) is 5.32 Å². The Kier molecular flexibility index (Phi) is 5.01. The first-order valence-electron chi connectivity index (χ1n) is 3.66. The van der Waals surface area contributed by atoms with Gasteiger partial charge in [0.05, 0.1) is 19.8 Å². The average molecular weight is 182 g/mol. The summed E-state index contributed by atoms with van der Waals surface area (Å²) in [5.41, 5.74) is -0.0729. The number of halogens is 1. The number of ether oxygens (including phenoxy) is 1. The fraction of sp³-hybridized carbons (Fsp3) is 1.00. The Labute approximate surface area is 73.5 Å². The minimum Gasteiger partial charge on any atom is -0.396 e. The van der Waals surface area contributed by atoms with Gasteiger partial charge in [0.1, 0.15) is 0 Å². The zero-order valence-electron chi connectivity index (χ0n) is 6.80. The van der Waals surface area contributed by atoms with E-state index in [1.165, 1.54) is 0 Å². The highest BCUT2D eigenvalue weighted by molar-refractivity contribution is 5.85. The molecule has 0 saturated carbocycles. The Morgan fingerprint density at radius 1 is 1.64 bits per heavy atom. The van der Waals surface area contributed by atoms with E-state index in [4.69, 9.17) is 9.84 Å². The summed E-state index contributed by atoms with van der Waals surface area (Å²) >= 11 is 0. The molecule has 11 heavy (non-hydrogen) atoms. The molecule has 1 aliphatic rings. The van der Waals surface area contributed by atoms with Gasteiger partial charge < -0.3 is 15.2 Å². The molecule has 0 aromatic rings. The SMILES string of the molecule is CC1(CO)CNCCOC1.Cl. The standard InChI is InChI=1S/C7H15NO2.ClH/c1-7(5-9)4-8-2-3-10-6-7;/h8-9H,2-6H2,1H3;1H. The molecular formula is C7H16ClNO2. The van der Waals surface area contributed by atoms with E-state index in [0.29, 0.717) is 6.61 Å². The number of hydrogen-bond donors (Lipinski definition) is 2. The Morgan fingerprint density at radius 3 is 3.00 bits per heavy atom. The molecule has 1 saturated heterocycles. The number of hydrogen-bond acceptors (Lipinski definition) is 3. The van der Waals surface area contributed by atoms with Crippen molar-refractivity contribution in [3.8, 4) is 0 Å². The maximum atomic E-state index is 8.96. The van der Waals surface area contributed by atoms with Crippen molar-refractivity contribution >= 4 is 12.4 Å². The van der Waals surface area contributed by atoms with Crippen LogP contribution in [0.15, 0.2) is 0 Å². The van der Waals surface area contributed by atoms with E-state index in [1.807, 2.05) is 6.92 Å². The Bertz CT molecular complexity index is 103. The van der Waals surface area contributed by atoms with Crippen LogP contribution in [-0.2, 0) is 4.74 Å². The molecular weight excluding hydrogens is 166 g/mol. The van der Waals surface area contributed by atoms with Gasteiger partial charge in [-0.1, -0.05) is 6.92 Å². The van der Waals surface area contributed by atoms with Crippen molar-refractivity contribution in [2.75, 3.05) is 32.9 Å². The molecule has 0 spiro atoms. The zero-order valence-corrected chi connectivity index (χ0v) is 7.62. The van der Waals surface area contributed by atoms with E-state index in [9.17, 15) is 0 Å². The molecule has 0 aromatic carbocycles. The molecule has 0 bridgehead atoms. The van der Waals surface area contributed by atoms with E-state index < -0.39 is 0 Å². The predicted molar refractivity (Wildman–Crippen MR) is 46.1 cm³/mol. The summed E-state index contributed by atoms with van der Waals surface area (Å²) in [5.74, 6) is 0. The van der Waals surface area contributed by atoms with Gasteiger partial charge in [0.25, 0.3) is 0 Å². The van der Waals surface area contributed by atoms with Crippen LogP contribution < -0.4 is 5.32 Å². The van der Waals surface area contributed by atoms with Gasteiger partial charge in [-0.2, -0.15) is 0 Å². The maximum absolute atomic E-state index is 8.96. The van der Waals surface area contributed by atoms with Crippen LogP contribution in [0.25, 0.3) is 0 Å². The second kappa shape index (κ2) is 4.93. The number of nitrogens with one attached hydrogen (secondary N) is 1. The van der Waals surface area contributed by atoms with Gasteiger partial charge in [0, 0.05) is 18.5 Å². The second-order valence-electron chi connectivity index (χ2n) is 3.20. The van der Waals surface area contributed by atoms with E-state index in [-0.39, 0.29) is 24.4 Å². The third kappa shape index (κ3) is 3.38. The summed E-state index contributed by atoms with van der Waals surface area (Å²) in [6.45, 7) is 5.39. The molecule has 3 nitrogen and oxygen atoms in total. The van der Waals surface area contributed by atoms with Crippen LogP contribution in [-0.4, -0.2) is 38.0 Å².